The summed E-state index contributed by atoms with van der Waals surface area (Å²) >= 11 is 13.8. The van der Waals surface area contributed by atoms with Gasteiger partial charge in [0.15, 0.2) is 5.16 Å². The Morgan fingerprint density at radius 3 is 2.55 bits per heavy atom. The molecule has 0 saturated heterocycles. The van der Waals surface area contributed by atoms with Crippen molar-refractivity contribution in [2.45, 2.75) is 17.5 Å². The number of hydrogen-bond acceptors (Lipinski definition) is 4. The van der Waals surface area contributed by atoms with Crippen molar-refractivity contribution in [2.75, 3.05) is 11.6 Å². The summed E-state index contributed by atoms with van der Waals surface area (Å²) < 4.78 is 0. The van der Waals surface area contributed by atoms with E-state index in [2.05, 4.69) is 15.3 Å². The number of halogens is 2. The van der Waals surface area contributed by atoms with E-state index in [-0.39, 0.29) is 23.7 Å². The van der Waals surface area contributed by atoms with Gasteiger partial charge >= 0.3 is 0 Å². The molecule has 1 amide bonds. The predicted octanol–water partition coefficient (Wildman–Crippen LogP) is 3.27. The number of nitrogens with zero attached hydrogens (tertiary/aromatic N) is 1. The van der Waals surface area contributed by atoms with Gasteiger partial charge in [-0.15, -0.1) is 0 Å². The Balaban J connectivity index is 2.25. The minimum Gasteiger partial charge on any atom is -0.310 e. The summed E-state index contributed by atoms with van der Waals surface area (Å²) in [5, 5.41) is 3.93. The van der Waals surface area contributed by atoms with E-state index in [0.29, 0.717) is 26.3 Å². The van der Waals surface area contributed by atoms with Crippen LogP contribution in [0.3, 0.4) is 0 Å². The first-order chi connectivity index (χ1) is 10.5. The topological polar surface area (TPSA) is 74.8 Å². The number of rotatable bonds is 2. The summed E-state index contributed by atoms with van der Waals surface area (Å²) in [4.78, 5) is 31.4. The molecule has 1 aliphatic rings. The molecule has 5 nitrogen and oxygen atoms in total. The smallest absolute Gasteiger partial charge is 0.257 e. The first-order valence-corrected chi connectivity index (χ1v) is 8.41. The Hall–Kier alpha value is -1.50. The van der Waals surface area contributed by atoms with E-state index < -0.39 is 5.92 Å². The second kappa shape index (κ2) is 5.95. The highest BCUT2D eigenvalue weighted by molar-refractivity contribution is 7.98. The predicted molar refractivity (Wildman–Crippen MR) is 88.2 cm³/mol. The number of carbonyl (C=O) groups excluding carboxylic acids is 1. The monoisotopic (exact) mass is 355 g/mol. The highest BCUT2D eigenvalue weighted by Gasteiger charge is 2.33. The molecule has 0 fully saturated rings. The number of aromatic amines is 1. The standard InChI is InChI=1S/C14H11Cl2N3O2S/c1-22-14-18-12-11(13(21)19-14)6(5-9(20)17-12)10-7(15)3-2-4-8(10)16/h2-4,6H,5H2,1H3,(H2,17,18,19,20,21)/t6-/m1/s1. The third-order valence-electron chi connectivity index (χ3n) is 3.47. The number of anilines is 1. The van der Waals surface area contributed by atoms with E-state index in [1.165, 1.54) is 11.8 Å². The van der Waals surface area contributed by atoms with Gasteiger partial charge in [0.2, 0.25) is 5.91 Å². The molecule has 2 N–H and O–H groups in total. The van der Waals surface area contributed by atoms with E-state index in [9.17, 15) is 9.59 Å². The molecule has 0 radical (unpaired) electrons. The van der Waals surface area contributed by atoms with Crippen LogP contribution in [-0.2, 0) is 4.79 Å². The van der Waals surface area contributed by atoms with Gasteiger partial charge in [-0.1, -0.05) is 41.0 Å². The summed E-state index contributed by atoms with van der Waals surface area (Å²) in [7, 11) is 0. The van der Waals surface area contributed by atoms with Crippen LogP contribution >= 0.6 is 35.0 Å². The van der Waals surface area contributed by atoms with E-state index in [4.69, 9.17) is 23.2 Å². The summed E-state index contributed by atoms with van der Waals surface area (Å²) in [6.07, 6.45) is 1.89. The SMILES string of the molecule is CSc1nc2c(c(=O)[nH]1)[C@@H](c1c(Cl)cccc1Cl)CC(=O)N2. The van der Waals surface area contributed by atoms with Crippen LogP contribution in [0, 0.1) is 0 Å². The number of aromatic nitrogens is 2. The first kappa shape index (κ1) is 15.4. The number of nitrogens with one attached hydrogen (secondary N) is 2. The number of thioether (sulfide) groups is 1. The average Bonchev–Trinajstić information content (AvgIpc) is 2.45. The van der Waals surface area contributed by atoms with Crippen LogP contribution in [0.25, 0.3) is 0 Å². The molecule has 0 aliphatic carbocycles. The summed E-state index contributed by atoms with van der Waals surface area (Å²) in [5.41, 5.74) is 0.661. The van der Waals surface area contributed by atoms with Crippen LogP contribution in [0.4, 0.5) is 5.82 Å². The summed E-state index contributed by atoms with van der Waals surface area (Å²) in [6.45, 7) is 0. The van der Waals surface area contributed by atoms with Gasteiger partial charge in [0.25, 0.3) is 5.56 Å². The molecule has 1 aromatic heterocycles. The van der Waals surface area contributed by atoms with Gasteiger partial charge in [-0.2, -0.15) is 0 Å². The van der Waals surface area contributed by atoms with Gasteiger partial charge in [-0.05, 0) is 24.0 Å². The molecule has 1 aromatic carbocycles. The van der Waals surface area contributed by atoms with E-state index in [1.54, 1.807) is 24.5 Å². The molecule has 0 saturated carbocycles. The van der Waals surface area contributed by atoms with Crippen molar-refractivity contribution in [3.63, 3.8) is 0 Å². The third-order valence-corrected chi connectivity index (χ3v) is 4.71. The minimum atomic E-state index is -0.517. The lowest BCUT2D eigenvalue weighted by Crippen LogP contribution is -2.31. The quantitative estimate of drug-likeness (QED) is 0.640. The number of amides is 1. The van der Waals surface area contributed by atoms with E-state index in [0.717, 1.165) is 0 Å². The molecular weight excluding hydrogens is 345 g/mol. The number of hydrogen-bond donors (Lipinski definition) is 2. The molecular formula is C14H11Cl2N3O2S. The normalized spacial score (nSPS) is 17.0. The number of carbonyl (C=O) groups is 1. The molecule has 1 atom stereocenters. The summed E-state index contributed by atoms with van der Waals surface area (Å²) in [5.74, 6) is -0.471. The van der Waals surface area contributed by atoms with Gasteiger partial charge in [0.05, 0.1) is 5.56 Å². The third kappa shape index (κ3) is 2.62. The van der Waals surface area contributed by atoms with Crippen molar-refractivity contribution in [2.24, 2.45) is 0 Å². The lowest BCUT2D eigenvalue weighted by molar-refractivity contribution is -0.116. The maximum Gasteiger partial charge on any atom is 0.257 e. The molecule has 0 unspecified atom stereocenters. The van der Waals surface area contributed by atoms with Crippen molar-refractivity contribution < 1.29 is 4.79 Å². The second-order valence-corrected chi connectivity index (χ2v) is 6.39. The van der Waals surface area contributed by atoms with Gasteiger partial charge in [0, 0.05) is 22.4 Å². The van der Waals surface area contributed by atoms with E-state index >= 15 is 0 Å². The van der Waals surface area contributed by atoms with Gasteiger partial charge in [-0.3, -0.25) is 9.59 Å². The van der Waals surface area contributed by atoms with Crippen LogP contribution < -0.4 is 10.9 Å². The van der Waals surface area contributed by atoms with Crippen LogP contribution in [-0.4, -0.2) is 22.1 Å². The second-order valence-electron chi connectivity index (χ2n) is 4.78. The molecule has 1 aliphatic heterocycles. The summed E-state index contributed by atoms with van der Waals surface area (Å²) in [6, 6.07) is 5.09. The van der Waals surface area contributed by atoms with Crippen molar-refractivity contribution in [1.82, 2.24) is 9.97 Å². The average molecular weight is 356 g/mol. The molecule has 2 aromatic rings. The Kier molecular flexibility index (Phi) is 4.16. The van der Waals surface area contributed by atoms with Crippen molar-refractivity contribution in [3.05, 3.63) is 49.7 Å². The van der Waals surface area contributed by atoms with Crippen LogP contribution in [0.2, 0.25) is 10.0 Å². The lowest BCUT2D eigenvalue weighted by Gasteiger charge is -2.25. The highest BCUT2D eigenvalue weighted by Crippen LogP contribution is 2.40. The molecule has 8 heteroatoms. The van der Waals surface area contributed by atoms with Gasteiger partial charge in [-0.25, -0.2) is 4.98 Å². The number of fused-ring (bicyclic) bond motifs is 1. The molecule has 2 heterocycles. The van der Waals surface area contributed by atoms with Crippen LogP contribution in [0.1, 0.15) is 23.5 Å². The highest BCUT2D eigenvalue weighted by atomic mass is 35.5. The minimum absolute atomic E-state index is 0.0971. The van der Waals surface area contributed by atoms with Crippen LogP contribution in [0.15, 0.2) is 28.2 Å². The zero-order chi connectivity index (χ0) is 15.9. The van der Waals surface area contributed by atoms with Gasteiger partial charge in [0.1, 0.15) is 5.82 Å². The Bertz CT molecular complexity index is 802. The maximum absolute atomic E-state index is 12.4. The van der Waals surface area contributed by atoms with Crippen LogP contribution in [0.5, 0.6) is 0 Å². The fraction of sp³-hybridized carbons (Fsp3) is 0.214. The molecule has 0 bridgehead atoms. The largest absolute Gasteiger partial charge is 0.310 e. The fourth-order valence-electron chi connectivity index (χ4n) is 2.54. The molecule has 3 rings (SSSR count). The molecule has 114 valence electrons. The van der Waals surface area contributed by atoms with Crippen molar-refractivity contribution in [3.8, 4) is 0 Å². The number of benzene rings is 1. The Morgan fingerprint density at radius 2 is 1.91 bits per heavy atom. The fourth-order valence-corrected chi connectivity index (χ4v) is 3.58. The zero-order valence-corrected chi connectivity index (χ0v) is 13.8. The molecule has 22 heavy (non-hydrogen) atoms. The molecule has 0 spiro atoms. The maximum atomic E-state index is 12.4. The van der Waals surface area contributed by atoms with Gasteiger partial charge < -0.3 is 10.3 Å². The van der Waals surface area contributed by atoms with E-state index in [1.807, 2.05) is 0 Å². The number of H-pyrrole nitrogens is 1. The first-order valence-electron chi connectivity index (χ1n) is 6.43. The zero-order valence-electron chi connectivity index (χ0n) is 11.4. The Morgan fingerprint density at radius 1 is 1.23 bits per heavy atom. The van der Waals surface area contributed by atoms with Crippen molar-refractivity contribution >= 4 is 46.7 Å². The lowest BCUT2D eigenvalue weighted by atomic mass is 9.87. The van der Waals surface area contributed by atoms with Crippen molar-refractivity contribution in [1.29, 1.82) is 0 Å². The Labute approximate surface area is 140 Å².